The standard InChI is InChI=1S/C68H127N2O7P/c1-7-10-13-16-19-22-25-28-29-30-31-32-33-34-35-36-37-38-39-40-41-43-45-48-51-54-57-60-67(71)69-65(64-76-78(73,74)75-63-62-70(4,5)6)66(59-56-53-50-47-44-27-24-21-18-15-12-9-3)77-68(72)61-58-55-52-49-46-42-26-23-20-17-14-11-8-2/h19,22,28-29,31-32,42,46,56,59,65-66H,7-18,20-21,23-27,30,33-41,43-45,47-55,57-58,60-64H2,1-6H3,(H-,69,71,73,74)/p+1/b22-19-,29-28-,32-31-,46-42-,59-56-. The van der Waals surface area contributed by atoms with Crippen LogP contribution in [0.2, 0.25) is 0 Å². The van der Waals surface area contributed by atoms with Gasteiger partial charge in [-0.1, -0.05) is 262 Å². The second kappa shape index (κ2) is 57.9. The van der Waals surface area contributed by atoms with Crippen LogP contribution in [0.1, 0.15) is 310 Å². The topological polar surface area (TPSA) is 111 Å². The summed E-state index contributed by atoms with van der Waals surface area (Å²) in [5.74, 6) is -0.517. The number of ether oxygens (including phenoxy) is 1. The Balaban J connectivity index is 5.03. The number of likely N-dealkylation sites (N-methyl/N-ethyl adjacent to an activating group) is 1. The number of esters is 1. The number of phosphoric ester groups is 1. The Morgan fingerprint density at radius 1 is 0.449 bits per heavy atom. The highest BCUT2D eigenvalue weighted by molar-refractivity contribution is 7.47. The minimum Gasteiger partial charge on any atom is -0.456 e. The molecular formula is C68H128N2O7P+. The van der Waals surface area contributed by atoms with Crippen molar-refractivity contribution in [2.45, 2.75) is 322 Å². The number of amides is 1. The first-order valence-corrected chi connectivity index (χ1v) is 34.6. The second-order valence-electron chi connectivity index (χ2n) is 23.6. The molecule has 0 saturated carbocycles. The molecule has 0 aliphatic carbocycles. The third-order valence-electron chi connectivity index (χ3n) is 14.7. The summed E-state index contributed by atoms with van der Waals surface area (Å²) in [6.07, 6.45) is 73.7. The average molecular weight is 1120 g/mol. The number of rotatable bonds is 60. The second-order valence-corrected chi connectivity index (χ2v) is 25.1. The number of phosphoric acid groups is 1. The van der Waals surface area contributed by atoms with Crippen LogP contribution in [0.15, 0.2) is 60.8 Å². The fourth-order valence-corrected chi connectivity index (χ4v) is 10.3. The fraction of sp³-hybridized carbons (Fsp3) is 0.824. The van der Waals surface area contributed by atoms with Gasteiger partial charge < -0.3 is 19.4 Å². The van der Waals surface area contributed by atoms with Gasteiger partial charge in [0.05, 0.1) is 33.8 Å². The fourth-order valence-electron chi connectivity index (χ4n) is 9.53. The van der Waals surface area contributed by atoms with E-state index >= 15 is 0 Å². The van der Waals surface area contributed by atoms with E-state index < -0.39 is 20.0 Å². The van der Waals surface area contributed by atoms with E-state index in [0.717, 1.165) is 77.0 Å². The molecule has 0 spiro atoms. The van der Waals surface area contributed by atoms with E-state index in [0.29, 0.717) is 23.9 Å². The quantitative estimate of drug-likeness (QED) is 0.0205. The monoisotopic (exact) mass is 1120 g/mol. The molecule has 0 aromatic carbocycles. The van der Waals surface area contributed by atoms with E-state index in [-0.39, 0.29) is 31.5 Å². The predicted molar refractivity (Wildman–Crippen MR) is 337 cm³/mol. The Morgan fingerprint density at radius 2 is 0.782 bits per heavy atom. The average Bonchev–Trinajstić information content (AvgIpc) is 3.40. The minimum absolute atomic E-state index is 0.0379. The van der Waals surface area contributed by atoms with Gasteiger partial charge in [0, 0.05) is 12.8 Å². The van der Waals surface area contributed by atoms with E-state index in [1.165, 1.54) is 193 Å². The number of carbonyl (C=O) groups excluding carboxylic acids is 2. The Morgan fingerprint density at radius 3 is 1.22 bits per heavy atom. The van der Waals surface area contributed by atoms with Gasteiger partial charge in [-0.15, -0.1) is 0 Å². The highest BCUT2D eigenvalue weighted by Crippen LogP contribution is 2.43. The molecule has 456 valence electrons. The molecule has 0 saturated heterocycles. The minimum atomic E-state index is -4.45. The maximum absolute atomic E-state index is 13.6. The number of quaternary nitrogens is 1. The van der Waals surface area contributed by atoms with Gasteiger partial charge in [0.1, 0.15) is 19.3 Å². The third kappa shape index (κ3) is 58.4. The van der Waals surface area contributed by atoms with Crippen molar-refractivity contribution in [3.8, 4) is 0 Å². The summed E-state index contributed by atoms with van der Waals surface area (Å²) in [6.45, 7) is 6.99. The zero-order chi connectivity index (χ0) is 57.2. The molecule has 9 nitrogen and oxygen atoms in total. The molecule has 0 heterocycles. The largest absolute Gasteiger partial charge is 0.472 e. The number of unbranched alkanes of at least 4 members (excludes halogenated alkanes) is 36. The summed E-state index contributed by atoms with van der Waals surface area (Å²) in [5.41, 5.74) is 0. The zero-order valence-electron chi connectivity index (χ0n) is 52.2. The van der Waals surface area contributed by atoms with Crippen LogP contribution in [0.4, 0.5) is 0 Å². The molecule has 0 bridgehead atoms. The van der Waals surface area contributed by atoms with Crippen molar-refractivity contribution in [3.05, 3.63) is 60.8 Å². The molecule has 3 unspecified atom stereocenters. The van der Waals surface area contributed by atoms with Crippen molar-refractivity contribution in [1.29, 1.82) is 0 Å². The lowest BCUT2D eigenvalue weighted by molar-refractivity contribution is -0.870. The van der Waals surface area contributed by atoms with Gasteiger partial charge in [0.25, 0.3) is 0 Å². The number of carbonyl (C=O) groups is 2. The summed E-state index contributed by atoms with van der Waals surface area (Å²) < 4.78 is 30.7. The van der Waals surface area contributed by atoms with E-state index in [1.54, 1.807) is 0 Å². The lowest BCUT2D eigenvalue weighted by Crippen LogP contribution is -2.47. The van der Waals surface area contributed by atoms with Crippen LogP contribution in [0.25, 0.3) is 0 Å². The van der Waals surface area contributed by atoms with E-state index in [9.17, 15) is 19.0 Å². The lowest BCUT2D eigenvalue weighted by atomic mass is 10.0. The van der Waals surface area contributed by atoms with Gasteiger partial charge in [-0.05, 0) is 96.0 Å². The van der Waals surface area contributed by atoms with Gasteiger partial charge in [-0.2, -0.15) is 0 Å². The molecule has 0 aliphatic rings. The molecule has 0 rings (SSSR count). The van der Waals surface area contributed by atoms with E-state index in [4.69, 9.17) is 13.8 Å². The van der Waals surface area contributed by atoms with Gasteiger partial charge in [-0.3, -0.25) is 18.6 Å². The highest BCUT2D eigenvalue weighted by Gasteiger charge is 2.30. The first-order valence-electron chi connectivity index (χ1n) is 33.1. The molecular weight excluding hydrogens is 988 g/mol. The van der Waals surface area contributed by atoms with Gasteiger partial charge in [0.15, 0.2) is 0 Å². The van der Waals surface area contributed by atoms with Crippen LogP contribution in [-0.2, 0) is 27.9 Å². The van der Waals surface area contributed by atoms with Crippen LogP contribution >= 0.6 is 7.82 Å². The van der Waals surface area contributed by atoms with Crippen molar-refractivity contribution < 1.29 is 37.3 Å². The predicted octanol–water partition coefficient (Wildman–Crippen LogP) is 20.6. The van der Waals surface area contributed by atoms with E-state index in [2.05, 4.69) is 74.7 Å². The van der Waals surface area contributed by atoms with Crippen LogP contribution in [0.3, 0.4) is 0 Å². The number of nitrogens with one attached hydrogen (secondary N) is 1. The molecule has 0 aromatic rings. The maximum Gasteiger partial charge on any atom is 0.472 e. The Hall–Kier alpha value is -2.29. The first-order chi connectivity index (χ1) is 37.9. The number of hydrogen-bond acceptors (Lipinski definition) is 6. The van der Waals surface area contributed by atoms with Crippen LogP contribution < -0.4 is 5.32 Å². The summed E-state index contributed by atoms with van der Waals surface area (Å²) in [7, 11) is 1.49. The van der Waals surface area contributed by atoms with Crippen molar-refractivity contribution >= 4 is 19.7 Å². The van der Waals surface area contributed by atoms with Gasteiger partial charge in [-0.25, -0.2) is 4.57 Å². The number of allylic oxidation sites excluding steroid dienone is 9. The van der Waals surface area contributed by atoms with E-state index in [1.807, 2.05) is 33.3 Å². The van der Waals surface area contributed by atoms with Gasteiger partial charge >= 0.3 is 13.8 Å². The summed E-state index contributed by atoms with van der Waals surface area (Å²) in [5, 5.41) is 3.06. The Kier molecular flexibility index (Phi) is 56.2. The molecule has 10 heteroatoms. The third-order valence-corrected chi connectivity index (χ3v) is 15.7. The Bertz CT molecular complexity index is 1520. The van der Waals surface area contributed by atoms with Crippen LogP contribution in [0.5, 0.6) is 0 Å². The van der Waals surface area contributed by atoms with Crippen molar-refractivity contribution in [1.82, 2.24) is 5.32 Å². The lowest BCUT2D eigenvalue weighted by Gasteiger charge is -2.27. The summed E-state index contributed by atoms with van der Waals surface area (Å²) in [4.78, 5) is 37.7. The molecule has 0 aromatic heterocycles. The van der Waals surface area contributed by atoms with Crippen molar-refractivity contribution in [3.63, 3.8) is 0 Å². The zero-order valence-corrected chi connectivity index (χ0v) is 53.1. The first kappa shape index (κ1) is 75.7. The SMILES string of the molecule is CCCCC/C=C\C/C=C\C/C=C\CCCCCCCCCCCCCCCCC(=O)NC(COP(=O)(O)OCC[N+](C)(C)C)C(/C=C\CCCCCCCCCCCC)OC(=O)CCCCC/C=C\CCCCCCCC. The number of nitrogens with zero attached hydrogens (tertiary/aromatic N) is 1. The Labute approximate surface area is 483 Å². The molecule has 0 fully saturated rings. The number of hydrogen-bond donors (Lipinski definition) is 2. The smallest absolute Gasteiger partial charge is 0.456 e. The molecule has 78 heavy (non-hydrogen) atoms. The molecule has 2 N–H and O–H groups in total. The molecule has 0 aliphatic heterocycles. The maximum atomic E-state index is 13.6. The highest BCUT2D eigenvalue weighted by atomic mass is 31.2. The summed E-state index contributed by atoms with van der Waals surface area (Å²) >= 11 is 0. The van der Waals surface area contributed by atoms with Crippen molar-refractivity contribution in [2.24, 2.45) is 0 Å². The van der Waals surface area contributed by atoms with Crippen molar-refractivity contribution in [2.75, 3.05) is 40.9 Å². The normalized spacial score (nSPS) is 14.0. The van der Waals surface area contributed by atoms with Crippen LogP contribution in [-0.4, -0.2) is 74.3 Å². The van der Waals surface area contributed by atoms with Gasteiger partial charge in [0.2, 0.25) is 5.91 Å². The summed E-state index contributed by atoms with van der Waals surface area (Å²) in [6, 6.07) is -0.854. The molecule has 0 radical (unpaired) electrons. The van der Waals surface area contributed by atoms with Crippen LogP contribution in [0, 0.1) is 0 Å². The molecule has 3 atom stereocenters. The molecule has 1 amide bonds.